The fourth-order valence-corrected chi connectivity index (χ4v) is 3.81. The molecule has 0 fully saturated rings. The summed E-state index contributed by atoms with van der Waals surface area (Å²) < 4.78 is 0. The lowest BCUT2D eigenvalue weighted by atomic mass is 10.1. The highest BCUT2D eigenvalue weighted by atomic mass is 32.1. The van der Waals surface area contributed by atoms with Gasteiger partial charge in [0.05, 0.1) is 10.6 Å². The molecule has 0 aliphatic rings. The fourth-order valence-electron chi connectivity index (χ4n) is 2.91. The van der Waals surface area contributed by atoms with Crippen LogP contribution in [-0.4, -0.2) is 32.6 Å². The molecule has 0 amide bonds. The van der Waals surface area contributed by atoms with Crippen molar-refractivity contribution in [3.05, 3.63) is 65.7 Å². The Morgan fingerprint density at radius 3 is 2.72 bits per heavy atom. The Morgan fingerprint density at radius 1 is 1.24 bits per heavy atom. The first-order valence-corrected chi connectivity index (χ1v) is 9.80. The molecule has 0 spiro atoms. The van der Waals surface area contributed by atoms with E-state index >= 15 is 0 Å². The highest BCUT2D eigenvalue weighted by Gasteiger charge is 2.12. The van der Waals surface area contributed by atoms with Crippen LogP contribution < -0.4 is 10.6 Å². The van der Waals surface area contributed by atoms with Crippen molar-refractivity contribution in [3.63, 3.8) is 0 Å². The monoisotopic (exact) mass is 405 g/mol. The van der Waals surface area contributed by atoms with Crippen LogP contribution in [0.4, 0.5) is 11.6 Å². The van der Waals surface area contributed by atoms with Gasteiger partial charge in [-0.15, -0.1) is 11.3 Å². The van der Waals surface area contributed by atoms with Crippen molar-refractivity contribution in [3.8, 4) is 10.6 Å². The van der Waals surface area contributed by atoms with Gasteiger partial charge in [0, 0.05) is 23.0 Å². The molecule has 8 heteroatoms. The SMILES string of the molecule is C=C(NCC(=O)O)c1ccc(Nc2nc(-c3cc(C)cs3)c3cc[nH]c3n2)cc1. The topological polar surface area (TPSA) is 103 Å². The molecule has 0 bridgehead atoms. The standard InChI is InChI=1S/C21H19N5O2S/c1-12-9-17(29-11-12)19-16-7-8-22-20(16)26-21(25-19)24-15-5-3-14(4-6-15)13(2)23-10-18(27)28/h3-9,11,23H,2,10H2,1H3,(H,27,28)(H2,22,24,25,26). The van der Waals surface area contributed by atoms with Crippen LogP contribution in [0.3, 0.4) is 0 Å². The van der Waals surface area contributed by atoms with Gasteiger partial charge >= 0.3 is 5.97 Å². The molecule has 0 unspecified atom stereocenters. The molecule has 4 rings (SSSR count). The van der Waals surface area contributed by atoms with Crippen LogP contribution >= 0.6 is 11.3 Å². The van der Waals surface area contributed by atoms with Crippen molar-refractivity contribution in [1.82, 2.24) is 20.3 Å². The zero-order valence-electron chi connectivity index (χ0n) is 15.7. The molecular weight excluding hydrogens is 386 g/mol. The molecular formula is C21H19N5O2S. The highest BCUT2D eigenvalue weighted by Crippen LogP contribution is 2.32. The number of nitrogens with one attached hydrogen (secondary N) is 3. The number of carboxylic acid groups (broad SMARTS) is 1. The average molecular weight is 405 g/mol. The molecule has 0 saturated heterocycles. The van der Waals surface area contributed by atoms with Crippen LogP contribution in [-0.2, 0) is 4.79 Å². The smallest absolute Gasteiger partial charge is 0.322 e. The minimum absolute atomic E-state index is 0.173. The lowest BCUT2D eigenvalue weighted by molar-refractivity contribution is -0.135. The van der Waals surface area contributed by atoms with Gasteiger partial charge in [0.1, 0.15) is 12.2 Å². The maximum absolute atomic E-state index is 10.7. The van der Waals surface area contributed by atoms with Crippen LogP contribution in [0.1, 0.15) is 11.1 Å². The molecule has 0 aliphatic heterocycles. The van der Waals surface area contributed by atoms with E-state index in [1.165, 1.54) is 5.56 Å². The van der Waals surface area contributed by atoms with Crippen molar-refractivity contribution in [2.24, 2.45) is 0 Å². The third-order valence-corrected chi connectivity index (χ3v) is 5.38. The molecule has 0 saturated carbocycles. The van der Waals surface area contributed by atoms with E-state index < -0.39 is 5.97 Å². The summed E-state index contributed by atoms with van der Waals surface area (Å²) in [5, 5.41) is 17.8. The molecule has 146 valence electrons. The summed E-state index contributed by atoms with van der Waals surface area (Å²) in [4.78, 5) is 24.2. The van der Waals surface area contributed by atoms with Gasteiger partial charge < -0.3 is 20.7 Å². The van der Waals surface area contributed by atoms with Crippen LogP contribution in [0, 0.1) is 6.92 Å². The third-order valence-electron chi connectivity index (χ3n) is 4.32. The summed E-state index contributed by atoms with van der Waals surface area (Å²) in [6, 6.07) is 11.6. The Morgan fingerprint density at radius 2 is 2.03 bits per heavy atom. The number of carboxylic acids is 1. The minimum atomic E-state index is -0.932. The van der Waals surface area contributed by atoms with Gasteiger partial charge in [-0.05, 0) is 47.7 Å². The van der Waals surface area contributed by atoms with Crippen LogP contribution in [0.2, 0.25) is 0 Å². The van der Waals surface area contributed by atoms with E-state index in [-0.39, 0.29) is 6.54 Å². The van der Waals surface area contributed by atoms with Gasteiger partial charge in [0.15, 0.2) is 0 Å². The van der Waals surface area contributed by atoms with Gasteiger partial charge in [0.2, 0.25) is 5.95 Å². The lowest BCUT2D eigenvalue weighted by Crippen LogP contribution is -2.20. The van der Waals surface area contributed by atoms with Gasteiger partial charge in [-0.1, -0.05) is 18.7 Å². The fraction of sp³-hybridized carbons (Fsp3) is 0.0952. The molecule has 0 atom stereocenters. The number of carbonyl (C=O) groups is 1. The number of anilines is 2. The number of benzene rings is 1. The number of fused-ring (bicyclic) bond motifs is 1. The molecule has 29 heavy (non-hydrogen) atoms. The molecule has 4 aromatic rings. The first kappa shape index (κ1) is 18.7. The highest BCUT2D eigenvalue weighted by molar-refractivity contribution is 7.13. The number of nitrogens with zero attached hydrogens (tertiary/aromatic N) is 2. The summed E-state index contributed by atoms with van der Waals surface area (Å²) in [6.45, 7) is 5.76. The summed E-state index contributed by atoms with van der Waals surface area (Å²) >= 11 is 1.66. The molecule has 0 radical (unpaired) electrons. The second-order valence-electron chi connectivity index (χ2n) is 6.55. The molecule has 1 aromatic carbocycles. The second-order valence-corrected chi connectivity index (χ2v) is 7.46. The molecule has 0 aliphatic carbocycles. The van der Waals surface area contributed by atoms with Crippen molar-refractivity contribution < 1.29 is 9.90 Å². The second kappa shape index (κ2) is 7.76. The zero-order valence-corrected chi connectivity index (χ0v) is 16.5. The lowest BCUT2D eigenvalue weighted by Gasteiger charge is -2.10. The Bertz CT molecular complexity index is 1190. The molecule has 3 aromatic heterocycles. The normalized spacial score (nSPS) is 10.8. The van der Waals surface area contributed by atoms with E-state index in [0.29, 0.717) is 11.6 Å². The van der Waals surface area contributed by atoms with Crippen molar-refractivity contribution in [1.29, 1.82) is 0 Å². The van der Waals surface area contributed by atoms with Crippen LogP contribution in [0.25, 0.3) is 27.3 Å². The van der Waals surface area contributed by atoms with E-state index in [1.54, 1.807) is 11.3 Å². The Kier molecular flexibility index (Phi) is 5.01. The molecule has 4 N–H and O–H groups in total. The number of aromatic nitrogens is 3. The maximum atomic E-state index is 10.7. The summed E-state index contributed by atoms with van der Waals surface area (Å²) in [7, 11) is 0. The van der Waals surface area contributed by atoms with E-state index in [9.17, 15) is 4.79 Å². The summed E-state index contributed by atoms with van der Waals surface area (Å²) in [6.07, 6.45) is 1.86. The maximum Gasteiger partial charge on any atom is 0.322 e. The van der Waals surface area contributed by atoms with Gasteiger partial charge in [-0.25, -0.2) is 4.98 Å². The largest absolute Gasteiger partial charge is 0.480 e. The van der Waals surface area contributed by atoms with Crippen molar-refractivity contribution >= 4 is 45.7 Å². The minimum Gasteiger partial charge on any atom is -0.480 e. The number of thiophene rings is 1. The first-order chi connectivity index (χ1) is 14.0. The number of aryl methyl sites for hydroxylation is 1. The van der Waals surface area contributed by atoms with Crippen LogP contribution in [0.5, 0.6) is 0 Å². The summed E-state index contributed by atoms with van der Waals surface area (Å²) in [5.74, 6) is -0.436. The molecule has 7 nitrogen and oxygen atoms in total. The van der Waals surface area contributed by atoms with E-state index in [4.69, 9.17) is 10.1 Å². The number of hydrogen-bond acceptors (Lipinski definition) is 6. The molecule has 3 heterocycles. The quantitative estimate of drug-likeness (QED) is 0.364. The van der Waals surface area contributed by atoms with Crippen molar-refractivity contribution in [2.45, 2.75) is 6.92 Å². The summed E-state index contributed by atoms with van der Waals surface area (Å²) in [5.41, 5.74) is 5.05. The van der Waals surface area contributed by atoms with E-state index in [0.717, 1.165) is 32.9 Å². The van der Waals surface area contributed by atoms with Gasteiger partial charge in [-0.3, -0.25) is 4.79 Å². The van der Waals surface area contributed by atoms with Gasteiger partial charge in [0.25, 0.3) is 0 Å². The number of H-pyrrole nitrogens is 1. The van der Waals surface area contributed by atoms with Gasteiger partial charge in [-0.2, -0.15) is 4.98 Å². The Balaban J connectivity index is 1.58. The predicted molar refractivity (Wildman–Crippen MR) is 116 cm³/mol. The number of aromatic amines is 1. The number of aliphatic carboxylic acids is 1. The van der Waals surface area contributed by atoms with E-state index in [2.05, 4.69) is 45.6 Å². The Labute approximate surface area is 171 Å². The van der Waals surface area contributed by atoms with Crippen molar-refractivity contribution in [2.75, 3.05) is 11.9 Å². The zero-order chi connectivity index (χ0) is 20.4. The number of hydrogen-bond donors (Lipinski definition) is 4. The predicted octanol–water partition coefficient (Wildman–Crippen LogP) is 4.38. The average Bonchev–Trinajstić information content (AvgIpc) is 3.35. The first-order valence-electron chi connectivity index (χ1n) is 8.92. The third kappa shape index (κ3) is 4.12. The van der Waals surface area contributed by atoms with E-state index in [1.807, 2.05) is 36.5 Å². The Hall–Kier alpha value is -3.65. The van der Waals surface area contributed by atoms with Crippen LogP contribution in [0.15, 0.2) is 54.6 Å². The number of rotatable bonds is 7.